The summed E-state index contributed by atoms with van der Waals surface area (Å²) in [6, 6.07) is -0.0248. The Morgan fingerprint density at radius 3 is 2.81 bits per heavy atom. The van der Waals surface area contributed by atoms with E-state index in [1.165, 1.54) is 11.3 Å². The number of aliphatic carboxylic acids is 1. The molecule has 0 saturated heterocycles. The Balaban J connectivity index is 2.72. The van der Waals surface area contributed by atoms with Crippen LogP contribution in [0.1, 0.15) is 23.9 Å². The topological polar surface area (TPSA) is 82.5 Å². The third-order valence-corrected chi connectivity index (χ3v) is 3.33. The highest BCUT2D eigenvalue weighted by molar-refractivity contribution is 7.15. The Bertz CT molecular complexity index is 361. The predicted octanol–water partition coefficient (Wildman–Crippen LogP) is 1.26. The van der Waals surface area contributed by atoms with E-state index in [1.54, 1.807) is 6.92 Å². The van der Waals surface area contributed by atoms with Gasteiger partial charge in [0.2, 0.25) is 0 Å². The van der Waals surface area contributed by atoms with Gasteiger partial charge in [0.05, 0.1) is 24.8 Å². The fourth-order valence-electron chi connectivity index (χ4n) is 1.24. The number of aromatic nitrogens is 1. The van der Waals surface area contributed by atoms with Crippen molar-refractivity contribution in [1.82, 2.24) is 4.98 Å². The second-order valence-electron chi connectivity index (χ2n) is 3.53. The van der Waals surface area contributed by atoms with Crippen molar-refractivity contribution in [3.63, 3.8) is 0 Å². The Kier molecular flexibility index (Phi) is 4.70. The number of aryl methyl sites for hydroxylation is 1. The van der Waals surface area contributed by atoms with E-state index >= 15 is 0 Å². The van der Waals surface area contributed by atoms with Crippen molar-refractivity contribution in [2.75, 3.05) is 11.9 Å². The molecule has 1 atom stereocenters. The van der Waals surface area contributed by atoms with Crippen LogP contribution in [0.5, 0.6) is 0 Å². The second-order valence-corrected chi connectivity index (χ2v) is 4.61. The van der Waals surface area contributed by atoms with Gasteiger partial charge < -0.3 is 15.5 Å². The molecule has 1 aromatic heterocycles. The van der Waals surface area contributed by atoms with Gasteiger partial charge in [-0.15, -0.1) is 11.3 Å². The van der Waals surface area contributed by atoms with Crippen LogP contribution >= 0.6 is 11.3 Å². The first-order valence-corrected chi connectivity index (χ1v) is 5.94. The van der Waals surface area contributed by atoms with Crippen LogP contribution in [-0.4, -0.2) is 33.8 Å². The first kappa shape index (κ1) is 12.9. The fraction of sp³-hybridized carbons (Fsp3) is 0.600. The van der Waals surface area contributed by atoms with Crippen LogP contribution < -0.4 is 5.32 Å². The number of thiazole rings is 1. The fourth-order valence-corrected chi connectivity index (χ4v) is 2.27. The highest BCUT2D eigenvalue weighted by atomic mass is 32.1. The Morgan fingerprint density at radius 1 is 1.62 bits per heavy atom. The molecule has 1 rings (SSSR count). The van der Waals surface area contributed by atoms with Gasteiger partial charge in [-0.3, -0.25) is 4.79 Å². The van der Waals surface area contributed by atoms with Crippen molar-refractivity contribution in [3.05, 3.63) is 10.6 Å². The molecule has 0 aromatic carbocycles. The summed E-state index contributed by atoms with van der Waals surface area (Å²) in [7, 11) is 0. The molecule has 16 heavy (non-hydrogen) atoms. The Labute approximate surface area is 98.1 Å². The number of carboxylic acids is 1. The van der Waals surface area contributed by atoms with E-state index in [1.807, 2.05) is 6.92 Å². The van der Waals surface area contributed by atoms with Crippen LogP contribution in [0.3, 0.4) is 0 Å². The molecule has 1 unspecified atom stereocenters. The molecule has 0 spiro atoms. The maximum atomic E-state index is 10.6. The van der Waals surface area contributed by atoms with E-state index in [4.69, 9.17) is 10.2 Å². The van der Waals surface area contributed by atoms with Crippen LogP contribution in [-0.2, 0) is 11.2 Å². The lowest BCUT2D eigenvalue weighted by Gasteiger charge is -2.11. The molecule has 1 aromatic rings. The van der Waals surface area contributed by atoms with Gasteiger partial charge in [0, 0.05) is 4.88 Å². The average Bonchev–Trinajstić information content (AvgIpc) is 2.55. The molecule has 0 radical (unpaired) electrons. The molecule has 1 heterocycles. The predicted molar refractivity (Wildman–Crippen MR) is 63.0 cm³/mol. The standard InChI is InChI=1S/C10H16N2O3S/c1-3-7(5-13)12-10-11-6(2)8(16-10)4-9(14)15/h7,13H,3-5H2,1-2H3,(H,11,12)(H,14,15). The number of carboxylic acid groups (broad SMARTS) is 1. The highest BCUT2D eigenvalue weighted by Crippen LogP contribution is 2.23. The molecule has 0 bridgehead atoms. The van der Waals surface area contributed by atoms with Crippen molar-refractivity contribution in [2.24, 2.45) is 0 Å². The number of aliphatic hydroxyl groups is 1. The monoisotopic (exact) mass is 244 g/mol. The third kappa shape index (κ3) is 3.46. The summed E-state index contributed by atoms with van der Waals surface area (Å²) in [6.07, 6.45) is 0.796. The average molecular weight is 244 g/mol. The summed E-state index contributed by atoms with van der Waals surface area (Å²) in [5.41, 5.74) is 0.739. The van der Waals surface area contributed by atoms with Crippen LogP contribution in [0.4, 0.5) is 5.13 Å². The van der Waals surface area contributed by atoms with Gasteiger partial charge in [0.15, 0.2) is 5.13 Å². The number of hydrogen-bond acceptors (Lipinski definition) is 5. The van der Waals surface area contributed by atoms with Crippen LogP contribution in [0.15, 0.2) is 0 Å². The van der Waals surface area contributed by atoms with Crippen LogP contribution in [0.25, 0.3) is 0 Å². The number of rotatable bonds is 6. The molecular formula is C10H16N2O3S. The van der Waals surface area contributed by atoms with Gasteiger partial charge in [-0.05, 0) is 13.3 Å². The zero-order valence-electron chi connectivity index (χ0n) is 9.36. The largest absolute Gasteiger partial charge is 0.481 e. The number of anilines is 1. The summed E-state index contributed by atoms with van der Waals surface area (Å²) in [5, 5.41) is 21.5. The van der Waals surface area contributed by atoms with Crippen molar-refractivity contribution >= 4 is 22.4 Å². The minimum absolute atomic E-state index is 0.00109. The van der Waals surface area contributed by atoms with Crippen molar-refractivity contribution < 1.29 is 15.0 Å². The summed E-state index contributed by atoms with van der Waals surface area (Å²) in [4.78, 5) is 15.6. The molecule has 0 aliphatic rings. The molecule has 0 saturated carbocycles. The van der Waals surface area contributed by atoms with Crippen molar-refractivity contribution in [3.8, 4) is 0 Å². The number of nitrogens with zero attached hydrogens (tertiary/aromatic N) is 1. The Morgan fingerprint density at radius 2 is 2.31 bits per heavy atom. The normalized spacial score (nSPS) is 12.4. The second kappa shape index (κ2) is 5.81. The SMILES string of the molecule is CCC(CO)Nc1nc(C)c(CC(=O)O)s1. The molecule has 90 valence electrons. The molecule has 3 N–H and O–H groups in total. The third-order valence-electron chi connectivity index (χ3n) is 2.25. The van der Waals surface area contributed by atoms with Crippen LogP contribution in [0.2, 0.25) is 0 Å². The summed E-state index contributed by atoms with van der Waals surface area (Å²) >= 11 is 1.33. The van der Waals surface area contributed by atoms with Crippen molar-refractivity contribution in [2.45, 2.75) is 32.7 Å². The lowest BCUT2D eigenvalue weighted by Crippen LogP contribution is -2.22. The smallest absolute Gasteiger partial charge is 0.308 e. The maximum Gasteiger partial charge on any atom is 0.308 e. The van der Waals surface area contributed by atoms with Gasteiger partial charge in [0.1, 0.15) is 0 Å². The van der Waals surface area contributed by atoms with Gasteiger partial charge in [-0.1, -0.05) is 6.92 Å². The quantitative estimate of drug-likeness (QED) is 0.701. The molecular weight excluding hydrogens is 228 g/mol. The molecule has 0 aliphatic carbocycles. The summed E-state index contributed by atoms with van der Waals surface area (Å²) < 4.78 is 0. The molecule has 0 amide bonds. The number of nitrogens with one attached hydrogen (secondary N) is 1. The van der Waals surface area contributed by atoms with Crippen molar-refractivity contribution in [1.29, 1.82) is 0 Å². The van der Waals surface area contributed by atoms with Gasteiger partial charge >= 0.3 is 5.97 Å². The minimum atomic E-state index is -0.854. The van der Waals surface area contributed by atoms with Crippen LogP contribution in [0, 0.1) is 6.92 Å². The zero-order chi connectivity index (χ0) is 12.1. The molecule has 0 fully saturated rings. The van der Waals surface area contributed by atoms with E-state index in [0.717, 1.165) is 17.0 Å². The van der Waals surface area contributed by atoms with E-state index < -0.39 is 5.97 Å². The lowest BCUT2D eigenvalue weighted by atomic mass is 10.2. The first-order valence-electron chi connectivity index (χ1n) is 5.12. The number of carbonyl (C=O) groups is 1. The summed E-state index contributed by atoms with van der Waals surface area (Å²) in [6.45, 7) is 3.80. The number of aliphatic hydroxyl groups excluding tert-OH is 1. The van der Waals surface area contributed by atoms with E-state index in [9.17, 15) is 4.79 Å². The molecule has 0 aliphatic heterocycles. The van der Waals surface area contributed by atoms with Gasteiger partial charge in [0.25, 0.3) is 0 Å². The van der Waals surface area contributed by atoms with E-state index in [-0.39, 0.29) is 19.1 Å². The van der Waals surface area contributed by atoms with Gasteiger partial charge in [-0.2, -0.15) is 0 Å². The lowest BCUT2D eigenvalue weighted by molar-refractivity contribution is -0.136. The molecule has 6 heteroatoms. The zero-order valence-corrected chi connectivity index (χ0v) is 10.2. The van der Waals surface area contributed by atoms with E-state index in [0.29, 0.717) is 5.13 Å². The maximum absolute atomic E-state index is 10.6. The van der Waals surface area contributed by atoms with Gasteiger partial charge in [-0.25, -0.2) is 4.98 Å². The summed E-state index contributed by atoms with van der Waals surface area (Å²) in [5.74, 6) is -0.854. The van der Waals surface area contributed by atoms with E-state index in [2.05, 4.69) is 10.3 Å². The molecule has 5 nitrogen and oxygen atoms in total. The Hall–Kier alpha value is -1.14. The number of hydrogen-bond donors (Lipinski definition) is 3. The first-order chi connectivity index (χ1) is 7.56. The highest BCUT2D eigenvalue weighted by Gasteiger charge is 2.13. The minimum Gasteiger partial charge on any atom is -0.481 e.